The number of aliphatic imine (C=N–C) groups is 1. The first-order chi connectivity index (χ1) is 8.22. The molecule has 1 aliphatic heterocycles. The molecule has 1 heterocycles. The van der Waals surface area contributed by atoms with Crippen LogP contribution in [0.4, 0.5) is 10.1 Å². The molecule has 1 atom stereocenters. The minimum Gasteiger partial charge on any atom is -0.333 e. The molecule has 1 unspecified atom stereocenters. The average Bonchev–Trinajstić information content (AvgIpc) is 3.04. The highest BCUT2D eigenvalue weighted by Crippen LogP contribution is 2.42. The molecule has 0 aromatic heterocycles. The lowest BCUT2D eigenvalue weighted by molar-refractivity contribution is 0.632. The van der Waals surface area contributed by atoms with Crippen molar-refractivity contribution in [3.8, 4) is 0 Å². The number of amidine groups is 1. The normalized spacial score (nSPS) is 23.6. The summed E-state index contributed by atoms with van der Waals surface area (Å²) < 4.78 is 13.6. The minimum atomic E-state index is -0.337. The summed E-state index contributed by atoms with van der Waals surface area (Å²) in [6.07, 6.45) is 2.63. The zero-order valence-corrected chi connectivity index (χ0v) is 10.7. The number of nitrogens with one attached hydrogen (secondary N) is 1. The molecule has 1 aliphatic carbocycles. The van der Waals surface area contributed by atoms with Crippen LogP contribution in [-0.4, -0.2) is 17.0 Å². The molecule has 1 N–H and O–H groups in total. The molecule has 0 radical (unpaired) electrons. The molecule has 2 nitrogen and oxygen atoms in total. The minimum absolute atomic E-state index is 0.337. The van der Waals surface area contributed by atoms with Gasteiger partial charge in [0.15, 0.2) is 5.17 Å². The third-order valence-corrected chi connectivity index (χ3v) is 4.52. The van der Waals surface area contributed by atoms with Crippen molar-refractivity contribution < 1.29 is 4.39 Å². The lowest BCUT2D eigenvalue weighted by Gasteiger charge is -2.08. The van der Waals surface area contributed by atoms with Gasteiger partial charge in [0, 0.05) is 10.3 Å². The van der Waals surface area contributed by atoms with Crippen molar-refractivity contribution in [2.24, 2.45) is 10.9 Å². The second-order valence-electron chi connectivity index (χ2n) is 4.39. The molecule has 3 rings (SSSR count). The Labute approximate surface area is 109 Å². The lowest BCUT2D eigenvalue weighted by atomic mass is 10.3. The zero-order chi connectivity index (χ0) is 11.8. The van der Waals surface area contributed by atoms with E-state index in [1.54, 1.807) is 23.9 Å². The number of nitrogens with zero attached hydrogens (tertiary/aromatic N) is 1. The van der Waals surface area contributed by atoms with E-state index in [1.807, 2.05) is 0 Å². The van der Waals surface area contributed by atoms with E-state index in [0.29, 0.717) is 16.0 Å². The van der Waals surface area contributed by atoms with Gasteiger partial charge in [0.05, 0.1) is 12.2 Å². The molecule has 5 heteroatoms. The van der Waals surface area contributed by atoms with E-state index in [0.717, 1.165) is 17.6 Å². The van der Waals surface area contributed by atoms with Gasteiger partial charge >= 0.3 is 0 Å². The van der Waals surface area contributed by atoms with Crippen LogP contribution < -0.4 is 5.32 Å². The van der Waals surface area contributed by atoms with E-state index >= 15 is 0 Å². The van der Waals surface area contributed by atoms with Crippen LogP contribution in [0.2, 0.25) is 5.02 Å². The second kappa shape index (κ2) is 4.50. The van der Waals surface area contributed by atoms with Crippen molar-refractivity contribution in [3.63, 3.8) is 0 Å². The average molecular weight is 271 g/mol. The third-order valence-electron chi connectivity index (χ3n) is 3.00. The molecule has 1 aromatic rings. The Morgan fingerprint density at radius 3 is 2.94 bits per heavy atom. The standard InChI is InChI=1S/C12H12ClFN2S/c13-8-3-4-10(9(14)5-8)16-12-15-6-11(17-12)7-1-2-7/h3-5,7,11H,1-2,6H2,(H,15,16). The molecule has 90 valence electrons. The highest BCUT2D eigenvalue weighted by Gasteiger charge is 2.35. The van der Waals surface area contributed by atoms with Crippen LogP contribution in [0.1, 0.15) is 12.8 Å². The lowest BCUT2D eigenvalue weighted by Crippen LogP contribution is -2.09. The van der Waals surface area contributed by atoms with E-state index in [2.05, 4.69) is 10.3 Å². The molecule has 0 spiro atoms. The van der Waals surface area contributed by atoms with Crippen molar-refractivity contribution >= 4 is 34.2 Å². The SMILES string of the molecule is Fc1cc(Cl)ccc1NC1=NCC(C2CC2)S1. The topological polar surface area (TPSA) is 24.4 Å². The predicted molar refractivity (Wildman–Crippen MR) is 71.4 cm³/mol. The Hall–Kier alpha value is -0.740. The Bertz CT molecular complexity index is 474. The van der Waals surface area contributed by atoms with Crippen molar-refractivity contribution in [3.05, 3.63) is 29.0 Å². The molecule has 0 saturated heterocycles. The Morgan fingerprint density at radius 1 is 1.41 bits per heavy atom. The summed E-state index contributed by atoms with van der Waals surface area (Å²) in [5.74, 6) is 0.480. The summed E-state index contributed by atoms with van der Waals surface area (Å²) in [4.78, 5) is 4.41. The summed E-state index contributed by atoms with van der Waals surface area (Å²) >= 11 is 7.43. The van der Waals surface area contributed by atoms with Gasteiger partial charge in [-0.15, -0.1) is 0 Å². The molecule has 17 heavy (non-hydrogen) atoms. The number of halogens is 2. The Balaban J connectivity index is 1.66. The number of hydrogen-bond donors (Lipinski definition) is 1. The number of thioether (sulfide) groups is 1. The maximum absolute atomic E-state index is 13.6. The van der Waals surface area contributed by atoms with Gasteiger partial charge in [0.25, 0.3) is 0 Å². The van der Waals surface area contributed by atoms with Crippen LogP contribution in [-0.2, 0) is 0 Å². The summed E-state index contributed by atoms with van der Waals surface area (Å²) in [6, 6.07) is 4.62. The molecule has 1 saturated carbocycles. The largest absolute Gasteiger partial charge is 0.333 e. The Morgan fingerprint density at radius 2 is 2.24 bits per heavy atom. The maximum Gasteiger partial charge on any atom is 0.161 e. The fraction of sp³-hybridized carbons (Fsp3) is 0.417. The second-order valence-corrected chi connectivity index (χ2v) is 6.05. The number of anilines is 1. The van der Waals surface area contributed by atoms with Gasteiger partial charge in [-0.2, -0.15) is 0 Å². The van der Waals surface area contributed by atoms with Crippen molar-refractivity contribution in [1.29, 1.82) is 0 Å². The first-order valence-electron chi connectivity index (χ1n) is 5.65. The Kier molecular flexibility index (Phi) is 3.01. The molecular formula is C12H12ClFN2S. The fourth-order valence-corrected chi connectivity index (χ4v) is 3.26. The smallest absolute Gasteiger partial charge is 0.161 e. The third kappa shape index (κ3) is 2.58. The van der Waals surface area contributed by atoms with Gasteiger partial charge in [0.2, 0.25) is 0 Å². The first kappa shape index (κ1) is 11.4. The molecule has 0 bridgehead atoms. The number of rotatable bonds is 2. The van der Waals surface area contributed by atoms with E-state index < -0.39 is 0 Å². The maximum atomic E-state index is 13.6. The monoisotopic (exact) mass is 270 g/mol. The van der Waals surface area contributed by atoms with Gasteiger partial charge < -0.3 is 5.32 Å². The number of hydrogen-bond acceptors (Lipinski definition) is 3. The predicted octanol–water partition coefficient (Wildman–Crippen LogP) is 3.77. The van der Waals surface area contributed by atoms with Crippen LogP contribution in [0.5, 0.6) is 0 Å². The van der Waals surface area contributed by atoms with Crippen LogP contribution in [0.25, 0.3) is 0 Å². The molecule has 1 fully saturated rings. The summed E-state index contributed by atoms with van der Waals surface area (Å²) in [5, 5.41) is 4.85. The first-order valence-corrected chi connectivity index (χ1v) is 6.91. The van der Waals surface area contributed by atoms with Gasteiger partial charge in [-0.1, -0.05) is 23.4 Å². The van der Waals surface area contributed by atoms with Crippen molar-refractivity contribution in [1.82, 2.24) is 0 Å². The molecule has 0 amide bonds. The van der Waals surface area contributed by atoms with E-state index in [9.17, 15) is 4.39 Å². The highest BCUT2D eigenvalue weighted by molar-refractivity contribution is 8.15. The summed E-state index contributed by atoms with van der Waals surface area (Å²) in [6.45, 7) is 0.854. The van der Waals surface area contributed by atoms with Gasteiger partial charge in [-0.05, 0) is 37.0 Å². The fourth-order valence-electron chi connectivity index (χ4n) is 1.88. The van der Waals surface area contributed by atoms with Crippen molar-refractivity contribution in [2.45, 2.75) is 18.1 Å². The molecule has 1 aromatic carbocycles. The summed E-state index contributed by atoms with van der Waals surface area (Å²) in [5.41, 5.74) is 0.442. The zero-order valence-electron chi connectivity index (χ0n) is 9.12. The highest BCUT2D eigenvalue weighted by atomic mass is 35.5. The van der Waals surface area contributed by atoms with E-state index in [4.69, 9.17) is 11.6 Å². The van der Waals surface area contributed by atoms with Crippen LogP contribution in [0.15, 0.2) is 23.2 Å². The quantitative estimate of drug-likeness (QED) is 0.885. The van der Waals surface area contributed by atoms with Gasteiger partial charge in [-0.25, -0.2) is 4.39 Å². The molecule has 2 aliphatic rings. The van der Waals surface area contributed by atoms with E-state index in [1.165, 1.54) is 18.9 Å². The van der Waals surface area contributed by atoms with Crippen molar-refractivity contribution in [2.75, 3.05) is 11.9 Å². The van der Waals surface area contributed by atoms with Gasteiger partial charge in [0.1, 0.15) is 5.82 Å². The van der Waals surface area contributed by atoms with E-state index in [-0.39, 0.29) is 5.82 Å². The van der Waals surface area contributed by atoms with Crippen LogP contribution in [0.3, 0.4) is 0 Å². The molecular weight excluding hydrogens is 259 g/mol. The summed E-state index contributed by atoms with van der Waals surface area (Å²) in [7, 11) is 0. The van der Waals surface area contributed by atoms with Gasteiger partial charge in [-0.3, -0.25) is 4.99 Å². The van der Waals surface area contributed by atoms with Crippen LogP contribution >= 0.6 is 23.4 Å². The number of benzene rings is 1. The van der Waals surface area contributed by atoms with Crippen LogP contribution in [0, 0.1) is 11.7 Å².